The van der Waals surface area contributed by atoms with Gasteiger partial charge < -0.3 is 10.1 Å². The highest BCUT2D eigenvalue weighted by molar-refractivity contribution is 5.92. The number of nitrogens with one attached hydrogen (secondary N) is 1. The number of rotatable bonds is 4. The van der Waals surface area contributed by atoms with E-state index in [-0.39, 0.29) is 12.3 Å². The van der Waals surface area contributed by atoms with E-state index in [2.05, 4.69) is 5.32 Å². The van der Waals surface area contributed by atoms with E-state index in [4.69, 9.17) is 4.74 Å². The van der Waals surface area contributed by atoms with Gasteiger partial charge in [-0.15, -0.1) is 0 Å². The predicted octanol–water partition coefficient (Wildman–Crippen LogP) is 3.46. The molecule has 0 saturated heterocycles. The van der Waals surface area contributed by atoms with E-state index in [1.165, 1.54) is 12.1 Å². The molecule has 0 saturated carbocycles. The van der Waals surface area contributed by atoms with E-state index >= 15 is 0 Å². The van der Waals surface area contributed by atoms with Crippen molar-refractivity contribution in [3.63, 3.8) is 0 Å². The average molecular weight is 273 g/mol. The number of carbonyl (C=O) groups is 1. The number of amides is 1. The number of aryl methyl sites for hydroxylation is 2. The molecule has 0 aromatic heterocycles. The topological polar surface area (TPSA) is 38.3 Å². The molecule has 0 spiro atoms. The monoisotopic (exact) mass is 273 g/mol. The normalized spacial score (nSPS) is 10.2. The van der Waals surface area contributed by atoms with Crippen molar-refractivity contribution in [1.29, 1.82) is 0 Å². The van der Waals surface area contributed by atoms with Crippen LogP contribution in [0.25, 0.3) is 0 Å². The van der Waals surface area contributed by atoms with Crippen LogP contribution >= 0.6 is 0 Å². The summed E-state index contributed by atoms with van der Waals surface area (Å²) in [5.41, 5.74) is 2.08. The molecule has 4 heteroatoms. The summed E-state index contributed by atoms with van der Waals surface area (Å²) < 4.78 is 18.9. The third-order valence-corrected chi connectivity index (χ3v) is 2.90. The Morgan fingerprint density at radius 3 is 2.40 bits per heavy atom. The molecule has 0 aliphatic heterocycles. The lowest BCUT2D eigenvalue weighted by molar-refractivity contribution is -0.118. The molecule has 2 rings (SSSR count). The minimum Gasteiger partial charge on any atom is -0.483 e. The molecule has 0 atom stereocenters. The van der Waals surface area contributed by atoms with Crippen LogP contribution in [0.5, 0.6) is 5.75 Å². The number of carbonyl (C=O) groups excluding carboxylic acids is 1. The molecule has 104 valence electrons. The van der Waals surface area contributed by atoms with Gasteiger partial charge in [-0.3, -0.25) is 4.79 Å². The highest BCUT2D eigenvalue weighted by Crippen LogP contribution is 2.22. The van der Waals surface area contributed by atoms with E-state index in [0.717, 1.165) is 11.1 Å². The molecule has 3 nitrogen and oxygen atoms in total. The average Bonchev–Trinajstić information content (AvgIpc) is 2.41. The second-order valence-corrected chi connectivity index (χ2v) is 4.54. The number of benzene rings is 2. The fourth-order valence-electron chi connectivity index (χ4n) is 1.91. The zero-order valence-electron chi connectivity index (χ0n) is 11.4. The van der Waals surface area contributed by atoms with Gasteiger partial charge in [0, 0.05) is 0 Å². The lowest BCUT2D eigenvalue weighted by Gasteiger charge is -2.12. The smallest absolute Gasteiger partial charge is 0.262 e. The Balaban J connectivity index is 1.98. The van der Waals surface area contributed by atoms with Crippen LogP contribution in [-0.4, -0.2) is 12.5 Å². The Hall–Kier alpha value is -2.36. The maximum Gasteiger partial charge on any atom is 0.262 e. The molecular formula is C16H16FNO2. The molecule has 20 heavy (non-hydrogen) atoms. The lowest BCUT2D eigenvalue weighted by atomic mass is 10.1. The molecule has 1 N–H and O–H groups in total. The zero-order valence-corrected chi connectivity index (χ0v) is 11.4. The SMILES string of the molecule is Cc1cccc(C)c1OCC(=O)Nc1ccccc1F. The Labute approximate surface area is 117 Å². The Morgan fingerprint density at radius 2 is 1.75 bits per heavy atom. The summed E-state index contributed by atoms with van der Waals surface area (Å²) in [7, 11) is 0. The lowest BCUT2D eigenvalue weighted by Crippen LogP contribution is -2.21. The summed E-state index contributed by atoms with van der Waals surface area (Å²) in [4.78, 5) is 11.8. The Morgan fingerprint density at radius 1 is 1.10 bits per heavy atom. The minimum absolute atomic E-state index is 0.153. The van der Waals surface area contributed by atoms with Crippen molar-refractivity contribution < 1.29 is 13.9 Å². The summed E-state index contributed by atoms with van der Waals surface area (Å²) in [6, 6.07) is 11.8. The van der Waals surface area contributed by atoms with Gasteiger partial charge in [-0.25, -0.2) is 4.39 Å². The number of para-hydroxylation sites is 2. The van der Waals surface area contributed by atoms with Crippen molar-refractivity contribution >= 4 is 11.6 Å². The van der Waals surface area contributed by atoms with Crippen LogP contribution in [0, 0.1) is 19.7 Å². The second kappa shape index (κ2) is 6.19. The maximum absolute atomic E-state index is 13.4. The third-order valence-electron chi connectivity index (χ3n) is 2.90. The Bertz CT molecular complexity index is 605. The number of hydrogen-bond donors (Lipinski definition) is 1. The first kappa shape index (κ1) is 14.1. The van der Waals surface area contributed by atoms with E-state index in [1.807, 2.05) is 32.0 Å². The van der Waals surface area contributed by atoms with Crippen LogP contribution in [0.15, 0.2) is 42.5 Å². The first-order chi connectivity index (χ1) is 9.58. The van der Waals surface area contributed by atoms with Crippen molar-refractivity contribution in [2.75, 3.05) is 11.9 Å². The molecule has 0 bridgehead atoms. The van der Waals surface area contributed by atoms with Crippen LogP contribution < -0.4 is 10.1 Å². The fraction of sp³-hybridized carbons (Fsp3) is 0.188. The first-order valence-electron chi connectivity index (χ1n) is 6.31. The molecule has 0 aliphatic carbocycles. The third kappa shape index (κ3) is 3.35. The molecule has 2 aromatic rings. The highest BCUT2D eigenvalue weighted by atomic mass is 19.1. The predicted molar refractivity (Wildman–Crippen MR) is 76.4 cm³/mol. The summed E-state index contributed by atoms with van der Waals surface area (Å²) in [5, 5.41) is 2.48. The number of anilines is 1. The molecule has 0 heterocycles. The molecule has 0 fully saturated rings. The van der Waals surface area contributed by atoms with Gasteiger partial charge in [0.25, 0.3) is 5.91 Å². The molecular weight excluding hydrogens is 257 g/mol. The van der Waals surface area contributed by atoms with Gasteiger partial charge in [0.15, 0.2) is 6.61 Å². The Kier molecular flexibility index (Phi) is 4.35. The van der Waals surface area contributed by atoms with Gasteiger partial charge in [-0.2, -0.15) is 0 Å². The summed E-state index contributed by atoms with van der Waals surface area (Å²) in [6.07, 6.45) is 0. The molecule has 0 unspecified atom stereocenters. The van der Waals surface area contributed by atoms with E-state index in [0.29, 0.717) is 5.75 Å². The van der Waals surface area contributed by atoms with Gasteiger partial charge in [-0.05, 0) is 37.1 Å². The van der Waals surface area contributed by atoms with Gasteiger partial charge >= 0.3 is 0 Å². The summed E-state index contributed by atoms with van der Waals surface area (Å²) >= 11 is 0. The van der Waals surface area contributed by atoms with Crippen molar-refractivity contribution in [2.24, 2.45) is 0 Å². The fourth-order valence-corrected chi connectivity index (χ4v) is 1.91. The van der Waals surface area contributed by atoms with Crippen molar-refractivity contribution in [3.8, 4) is 5.75 Å². The van der Waals surface area contributed by atoms with Gasteiger partial charge in [0.2, 0.25) is 0 Å². The molecule has 0 radical (unpaired) electrons. The van der Waals surface area contributed by atoms with Crippen molar-refractivity contribution in [2.45, 2.75) is 13.8 Å². The molecule has 2 aromatic carbocycles. The minimum atomic E-state index is -0.465. The molecule has 0 aliphatic rings. The van der Waals surface area contributed by atoms with Crippen LogP contribution in [0.1, 0.15) is 11.1 Å². The standard InChI is InChI=1S/C16H16FNO2/c1-11-6-5-7-12(2)16(11)20-10-15(19)18-14-9-4-3-8-13(14)17/h3-9H,10H2,1-2H3,(H,18,19). The van der Waals surface area contributed by atoms with Crippen LogP contribution in [0.3, 0.4) is 0 Å². The summed E-state index contributed by atoms with van der Waals surface area (Å²) in [6.45, 7) is 3.67. The van der Waals surface area contributed by atoms with Crippen LogP contribution in [0.4, 0.5) is 10.1 Å². The summed E-state index contributed by atoms with van der Waals surface area (Å²) in [5.74, 6) is -0.165. The number of ether oxygens (including phenoxy) is 1. The van der Waals surface area contributed by atoms with E-state index in [1.54, 1.807) is 12.1 Å². The van der Waals surface area contributed by atoms with Crippen LogP contribution in [-0.2, 0) is 4.79 Å². The first-order valence-corrected chi connectivity index (χ1v) is 6.31. The number of hydrogen-bond acceptors (Lipinski definition) is 2. The quantitative estimate of drug-likeness (QED) is 0.926. The van der Waals surface area contributed by atoms with Crippen molar-refractivity contribution in [3.05, 3.63) is 59.4 Å². The zero-order chi connectivity index (χ0) is 14.5. The van der Waals surface area contributed by atoms with Crippen molar-refractivity contribution in [1.82, 2.24) is 0 Å². The van der Waals surface area contributed by atoms with E-state index < -0.39 is 11.7 Å². The highest BCUT2D eigenvalue weighted by Gasteiger charge is 2.09. The second-order valence-electron chi connectivity index (χ2n) is 4.54. The van der Waals surface area contributed by atoms with Gasteiger partial charge in [0.1, 0.15) is 11.6 Å². The molecule has 1 amide bonds. The van der Waals surface area contributed by atoms with Gasteiger partial charge in [-0.1, -0.05) is 30.3 Å². The van der Waals surface area contributed by atoms with Gasteiger partial charge in [0.05, 0.1) is 5.69 Å². The van der Waals surface area contributed by atoms with Crippen LogP contribution in [0.2, 0.25) is 0 Å². The number of halogens is 1. The maximum atomic E-state index is 13.4. The van der Waals surface area contributed by atoms with E-state index in [9.17, 15) is 9.18 Å². The largest absolute Gasteiger partial charge is 0.483 e.